The summed E-state index contributed by atoms with van der Waals surface area (Å²) in [6.07, 6.45) is 1.19. The van der Waals surface area contributed by atoms with E-state index in [4.69, 9.17) is 4.74 Å². The van der Waals surface area contributed by atoms with E-state index in [9.17, 15) is 19.8 Å². The van der Waals surface area contributed by atoms with Gasteiger partial charge in [0.05, 0.1) is 11.1 Å². The van der Waals surface area contributed by atoms with Crippen molar-refractivity contribution in [2.75, 3.05) is 13.1 Å². The van der Waals surface area contributed by atoms with Gasteiger partial charge in [0, 0.05) is 72.1 Å². The first-order chi connectivity index (χ1) is 11.4. The second kappa shape index (κ2) is 12.2. The summed E-state index contributed by atoms with van der Waals surface area (Å²) >= 11 is 0. The summed E-state index contributed by atoms with van der Waals surface area (Å²) in [5, 5.41) is 21.9. The van der Waals surface area contributed by atoms with Crippen molar-refractivity contribution in [3.63, 3.8) is 0 Å². The SMILES string of the molecule is CC(C)/C(C(=O)O)=C(\Cc1ccc(OC2CCNC2)cc1)C(=O)O.[Na].[Na]. The molecule has 1 aromatic carbocycles. The molecule has 0 bridgehead atoms. The minimum absolute atomic E-state index is 0. The van der Waals surface area contributed by atoms with Crippen LogP contribution in [-0.2, 0) is 16.0 Å². The predicted molar refractivity (Wildman–Crippen MR) is 101 cm³/mol. The fourth-order valence-corrected chi connectivity index (χ4v) is 2.82. The van der Waals surface area contributed by atoms with Crippen molar-refractivity contribution in [1.82, 2.24) is 5.32 Å². The molecule has 3 N–H and O–H groups in total. The molecule has 1 fully saturated rings. The van der Waals surface area contributed by atoms with E-state index in [1.54, 1.807) is 38.1 Å². The van der Waals surface area contributed by atoms with Crippen molar-refractivity contribution in [2.24, 2.45) is 5.92 Å². The number of rotatable bonds is 7. The normalized spacial score (nSPS) is 17.0. The van der Waals surface area contributed by atoms with E-state index < -0.39 is 11.9 Å². The molecule has 0 spiro atoms. The standard InChI is InChI=1S/C18H23NO5.2Na/c1-11(2)16(18(22)23)15(17(20)21)9-12-3-5-13(6-4-12)24-14-7-8-19-10-14;;/h3-6,11,14,19H,7-10H2,1-2H3,(H,20,21)(H,22,23);;/b16-15-;;. The first kappa shape index (κ1) is 25.7. The van der Waals surface area contributed by atoms with Gasteiger partial charge in [0.25, 0.3) is 0 Å². The molecule has 2 rings (SSSR count). The van der Waals surface area contributed by atoms with Gasteiger partial charge in [0.15, 0.2) is 0 Å². The third-order valence-corrected chi connectivity index (χ3v) is 4.01. The quantitative estimate of drug-likeness (QED) is 0.489. The number of carboxylic acid groups (broad SMARTS) is 2. The summed E-state index contributed by atoms with van der Waals surface area (Å²) in [6, 6.07) is 7.15. The van der Waals surface area contributed by atoms with Gasteiger partial charge in [-0.1, -0.05) is 26.0 Å². The van der Waals surface area contributed by atoms with Crippen molar-refractivity contribution < 1.29 is 24.5 Å². The van der Waals surface area contributed by atoms with Crippen molar-refractivity contribution in [3.8, 4) is 5.75 Å². The molecule has 1 heterocycles. The van der Waals surface area contributed by atoms with Crippen LogP contribution in [0.25, 0.3) is 0 Å². The Morgan fingerprint density at radius 1 is 1.15 bits per heavy atom. The minimum atomic E-state index is -1.20. The molecule has 0 amide bonds. The Morgan fingerprint density at radius 3 is 2.19 bits per heavy atom. The van der Waals surface area contributed by atoms with Crippen molar-refractivity contribution in [3.05, 3.63) is 41.0 Å². The van der Waals surface area contributed by atoms with Crippen LogP contribution in [0.5, 0.6) is 5.75 Å². The van der Waals surface area contributed by atoms with E-state index in [1.165, 1.54) is 0 Å². The Kier molecular flexibility index (Phi) is 12.0. The van der Waals surface area contributed by atoms with Gasteiger partial charge in [-0.2, -0.15) is 0 Å². The van der Waals surface area contributed by atoms with Crippen LogP contribution in [0.2, 0.25) is 0 Å². The van der Waals surface area contributed by atoms with Gasteiger partial charge in [-0.15, -0.1) is 0 Å². The van der Waals surface area contributed by atoms with Crippen molar-refractivity contribution >= 4 is 71.1 Å². The minimum Gasteiger partial charge on any atom is -0.489 e. The van der Waals surface area contributed by atoms with Crippen LogP contribution in [-0.4, -0.2) is 100 Å². The number of benzene rings is 1. The Bertz CT molecular complexity index is 637. The predicted octanol–water partition coefficient (Wildman–Crippen LogP) is 1.33. The molecule has 6 nitrogen and oxygen atoms in total. The Balaban J connectivity index is 0.00000312. The molecule has 1 saturated heterocycles. The molecule has 1 aliphatic heterocycles. The number of ether oxygens (including phenoxy) is 1. The molecular weight excluding hydrogens is 356 g/mol. The van der Waals surface area contributed by atoms with Gasteiger partial charge in [0.2, 0.25) is 0 Å². The maximum Gasteiger partial charge on any atom is 0.332 e. The summed E-state index contributed by atoms with van der Waals surface area (Å²) in [4.78, 5) is 22.9. The van der Waals surface area contributed by atoms with Crippen molar-refractivity contribution in [1.29, 1.82) is 0 Å². The molecule has 8 heteroatoms. The van der Waals surface area contributed by atoms with Gasteiger partial charge in [-0.3, -0.25) is 0 Å². The van der Waals surface area contributed by atoms with E-state index >= 15 is 0 Å². The Hall–Kier alpha value is -0.340. The Morgan fingerprint density at radius 2 is 1.77 bits per heavy atom. The summed E-state index contributed by atoms with van der Waals surface area (Å²) in [5.41, 5.74) is 0.606. The van der Waals surface area contributed by atoms with Gasteiger partial charge in [-0.05, 0) is 36.6 Å². The number of nitrogens with one attached hydrogen (secondary N) is 1. The van der Waals surface area contributed by atoms with Gasteiger partial charge in [-0.25, -0.2) is 9.59 Å². The molecule has 2 radical (unpaired) electrons. The van der Waals surface area contributed by atoms with Crippen LogP contribution in [0.3, 0.4) is 0 Å². The fourth-order valence-electron chi connectivity index (χ4n) is 2.82. The van der Waals surface area contributed by atoms with Crippen LogP contribution < -0.4 is 10.1 Å². The number of carboxylic acids is 2. The molecule has 0 aliphatic carbocycles. The van der Waals surface area contributed by atoms with Crippen LogP contribution in [0, 0.1) is 5.92 Å². The topological polar surface area (TPSA) is 95.9 Å². The number of aliphatic carboxylic acids is 2. The largest absolute Gasteiger partial charge is 0.489 e. The summed E-state index contributed by atoms with van der Waals surface area (Å²) in [6.45, 7) is 5.13. The third-order valence-electron chi connectivity index (χ3n) is 4.01. The molecule has 1 aromatic rings. The first-order valence-corrected chi connectivity index (χ1v) is 8.04. The second-order valence-corrected chi connectivity index (χ2v) is 6.21. The average Bonchev–Trinajstić information content (AvgIpc) is 3.00. The first-order valence-electron chi connectivity index (χ1n) is 8.04. The maximum absolute atomic E-state index is 11.5. The second-order valence-electron chi connectivity index (χ2n) is 6.21. The van der Waals surface area contributed by atoms with E-state index in [-0.39, 0.29) is 88.7 Å². The van der Waals surface area contributed by atoms with Crippen molar-refractivity contribution in [2.45, 2.75) is 32.8 Å². The van der Waals surface area contributed by atoms with Gasteiger partial charge in [0.1, 0.15) is 11.9 Å². The third kappa shape index (κ3) is 7.35. The summed E-state index contributed by atoms with van der Waals surface area (Å²) in [5.74, 6) is -2.02. The van der Waals surface area contributed by atoms with Crippen LogP contribution in [0.4, 0.5) is 0 Å². The van der Waals surface area contributed by atoms with Crippen LogP contribution in [0.1, 0.15) is 25.8 Å². The van der Waals surface area contributed by atoms with Crippen LogP contribution >= 0.6 is 0 Å². The molecular formula is C18H23NNa2O5. The van der Waals surface area contributed by atoms with E-state index in [0.717, 1.165) is 30.8 Å². The average molecular weight is 379 g/mol. The molecule has 26 heavy (non-hydrogen) atoms. The van der Waals surface area contributed by atoms with Gasteiger partial charge < -0.3 is 20.3 Å². The van der Waals surface area contributed by atoms with E-state index in [0.29, 0.717) is 0 Å². The maximum atomic E-state index is 11.5. The summed E-state index contributed by atoms with van der Waals surface area (Å²) in [7, 11) is 0. The zero-order chi connectivity index (χ0) is 17.7. The fraction of sp³-hybridized carbons (Fsp3) is 0.444. The molecule has 132 valence electrons. The summed E-state index contributed by atoms with van der Waals surface area (Å²) < 4.78 is 5.82. The van der Waals surface area contributed by atoms with E-state index in [1.807, 2.05) is 0 Å². The van der Waals surface area contributed by atoms with Crippen LogP contribution in [0.15, 0.2) is 35.4 Å². The zero-order valence-electron chi connectivity index (χ0n) is 15.9. The molecule has 1 unspecified atom stereocenters. The van der Waals surface area contributed by atoms with Gasteiger partial charge >= 0.3 is 11.9 Å². The molecule has 1 aliphatic rings. The molecule has 0 saturated carbocycles. The number of hydrogen-bond donors (Lipinski definition) is 3. The number of hydrogen-bond acceptors (Lipinski definition) is 4. The monoisotopic (exact) mass is 379 g/mol. The number of carbonyl (C=O) groups is 2. The molecule has 1 atom stereocenters. The molecule has 0 aromatic heterocycles. The van der Waals surface area contributed by atoms with E-state index in [2.05, 4.69) is 5.32 Å². The Labute approximate surface area is 198 Å². The smallest absolute Gasteiger partial charge is 0.332 e. The zero-order valence-corrected chi connectivity index (χ0v) is 19.9.